The van der Waals surface area contributed by atoms with E-state index in [9.17, 15) is 8.78 Å². The number of ether oxygens (including phenoxy) is 1. The molecule has 1 aromatic carbocycles. The van der Waals surface area contributed by atoms with E-state index in [0.717, 1.165) is 0 Å². The quantitative estimate of drug-likeness (QED) is 0.932. The molecule has 0 amide bonds. The van der Waals surface area contributed by atoms with Crippen molar-refractivity contribution in [3.63, 3.8) is 0 Å². The van der Waals surface area contributed by atoms with Crippen LogP contribution in [0.4, 0.5) is 8.78 Å². The summed E-state index contributed by atoms with van der Waals surface area (Å²) in [5, 5.41) is 7.65. The summed E-state index contributed by atoms with van der Waals surface area (Å²) in [6.07, 6.45) is 0. The van der Waals surface area contributed by atoms with Crippen LogP contribution in [0.3, 0.4) is 0 Å². The van der Waals surface area contributed by atoms with Gasteiger partial charge >= 0.3 is 6.61 Å². The van der Waals surface area contributed by atoms with Gasteiger partial charge in [0, 0.05) is 7.05 Å². The molecule has 1 atom stereocenters. The second-order valence-electron chi connectivity index (χ2n) is 3.82. The van der Waals surface area contributed by atoms with Gasteiger partial charge in [-0.2, -0.15) is 8.78 Å². The Labute approximate surface area is 116 Å². The molecular weight excluding hydrogens is 322 g/mol. The number of hydrogen-bond acceptors (Lipinski definition) is 4. The highest BCUT2D eigenvalue weighted by molar-refractivity contribution is 9.10. The first-order chi connectivity index (χ1) is 8.99. The van der Waals surface area contributed by atoms with Gasteiger partial charge in [0.1, 0.15) is 5.75 Å². The monoisotopic (exact) mass is 332 g/mol. The SMILES string of the molecule is Cn1nnc(Br)c1C(N)c1cccc(OC(F)F)c1. The minimum atomic E-state index is -2.86. The molecule has 1 unspecified atom stereocenters. The lowest BCUT2D eigenvalue weighted by molar-refractivity contribution is -0.0498. The van der Waals surface area contributed by atoms with E-state index in [2.05, 4.69) is 31.0 Å². The van der Waals surface area contributed by atoms with E-state index in [4.69, 9.17) is 5.73 Å². The molecule has 5 nitrogen and oxygen atoms in total. The van der Waals surface area contributed by atoms with Crippen molar-refractivity contribution in [3.8, 4) is 5.75 Å². The Bertz CT molecular complexity index is 556. The summed E-state index contributed by atoms with van der Waals surface area (Å²) < 4.78 is 30.7. The molecule has 0 saturated carbocycles. The molecule has 0 aliphatic rings. The van der Waals surface area contributed by atoms with Crippen LogP contribution in [0, 0.1) is 0 Å². The topological polar surface area (TPSA) is 66.0 Å². The van der Waals surface area contributed by atoms with Crippen LogP contribution in [0.25, 0.3) is 0 Å². The maximum absolute atomic E-state index is 12.2. The van der Waals surface area contributed by atoms with Crippen molar-refractivity contribution in [2.24, 2.45) is 12.8 Å². The van der Waals surface area contributed by atoms with Crippen LogP contribution in [0.15, 0.2) is 28.9 Å². The van der Waals surface area contributed by atoms with E-state index < -0.39 is 12.7 Å². The minimum Gasteiger partial charge on any atom is -0.435 e. The van der Waals surface area contributed by atoms with Gasteiger partial charge in [-0.15, -0.1) is 5.10 Å². The summed E-state index contributed by atoms with van der Waals surface area (Å²) >= 11 is 3.25. The Hall–Kier alpha value is -1.54. The average Bonchev–Trinajstić information content (AvgIpc) is 2.68. The number of hydrogen-bond donors (Lipinski definition) is 1. The first-order valence-corrected chi connectivity index (χ1v) is 6.13. The summed E-state index contributed by atoms with van der Waals surface area (Å²) in [6.45, 7) is -2.86. The maximum Gasteiger partial charge on any atom is 0.387 e. The van der Waals surface area contributed by atoms with Crippen molar-refractivity contribution in [1.29, 1.82) is 0 Å². The van der Waals surface area contributed by atoms with Gasteiger partial charge in [-0.25, -0.2) is 4.68 Å². The fraction of sp³-hybridized carbons (Fsp3) is 0.273. The fourth-order valence-electron chi connectivity index (χ4n) is 1.71. The zero-order chi connectivity index (χ0) is 14.0. The second-order valence-corrected chi connectivity index (χ2v) is 4.57. The average molecular weight is 333 g/mol. The molecule has 1 aromatic heterocycles. The molecule has 0 spiro atoms. The number of alkyl halides is 2. The van der Waals surface area contributed by atoms with E-state index in [0.29, 0.717) is 15.9 Å². The Balaban J connectivity index is 2.31. The Morgan fingerprint density at radius 3 is 2.74 bits per heavy atom. The predicted octanol–water partition coefficient (Wildman–Crippen LogP) is 2.23. The summed E-state index contributed by atoms with van der Waals surface area (Å²) in [4.78, 5) is 0. The van der Waals surface area contributed by atoms with Crippen molar-refractivity contribution in [2.45, 2.75) is 12.7 Å². The lowest BCUT2D eigenvalue weighted by Crippen LogP contribution is -2.16. The van der Waals surface area contributed by atoms with E-state index in [1.165, 1.54) is 16.8 Å². The summed E-state index contributed by atoms with van der Waals surface area (Å²) in [5.41, 5.74) is 7.36. The number of nitrogens with two attached hydrogens (primary N) is 1. The van der Waals surface area contributed by atoms with Crippen LogP contribution < -0.4 is 10.5 Å². The maximum atomic E-state index is 12.2. The molecule has 2 rings (SSSR count). The third-order valence-corrected chi connectivity index (χ3v) is 3.13. The van der Waals surface area contributed by atoms with Crippen molar-refractivity contribution < 1.29 is 13.5 Å². The standard InChI is InChI=1S/C11H11BrF2N4O/c1-18-9(10(12)16-17-18)8(15)6-3-2-4-7(5-6)19-11(13)14/h2-5,8,11H,15H2,1H3. The number of halogens is 3. The molecule has 102 valence electrons. The highest BCUT2D eigenvalue weighted by atomic mass is 79.9. The molecule has 0 fully saturated rings. The van der Waals surface area contributed by atoms with E-state index in [1.807, 2.05) is 0 Å². The van der Waals surface area contributed by atoms with Gasteiger partial charge in [0.05, 0.1) is 11.7 Å². The normalized spacial score (nSPS) is 12.7. The highest BCUT2D eigenvalue weighted by Crippen LogP contribution is 2.27. The van der Waals surface area contributed by atoms with Crippen molar-refractivity contribution in [2.75, 3.05) is 0 Å². The predicted molar refractivity (Wildman–Crippen MR) is 67.8 cm³/mol. The Kier molecular flexibility index (Phi) is 4.11. The molecule has 0 aliphatic carbocycles. The smallest absolute Gasteiger partial charge is 0.387 e. The van der Waals surface area contributed by atoms with Crippen LogP contribution in [0.2, 0.25) is 0 Å². The van der Waals surface area contributed by atoms with Gasteiger partial charge < -0.3 is 10.5 Å². The summed E-state index contributed by atoms with van der Waals surface area (Å²) in [7, 11) is 1.70. The molecule has 0 bridgehead atoms. The lowest BCUT2D eigenvalue weighted by atomic mass is 10.0. The van der Waals surface area contributed by atoms with Gasteiger partial charge in [-0.3, -0.25) is 0 Å². The number of benzene rings is 1. The molecule has 2 aromatic rings. The van der Waals surface area contributed by atoms with Crippen LogP contribution in [-0.2, 0) is 7.05 Å². The van der Waals surface area contributed by atoms with Gasteiger partial charge in [0.15, 0.2) is 4.60 Å². The molecule has 1 heterocycles. The van der Waals surface area contributed by atoms with Crippen LogP contribution in [0.1, 0.15) is 17.3 Å². The first-order valence-electron chi connectivity index (χ1n) is 5.34. The van der Waals surface area contributed by atoms with E-state index in [-0.39, 0.29) is 5.75 Å². The Morgan fingerprint density at radius 1 is 1.42 bits per heavy atom. The third-order valence-electron chi connectivity index (χ3n) is 2.56. The van der Waals surface area contributed by atoms with Gasteiger partial charge in [-0.1, -0.05) is 17.3 Å². The van der Waals surface area contributed by atoms with Crippen LogP contribution >= 0.6 is 15.9 Å². The molecule has 0 aliphatic heterocycles. The van der Waals surface area contributed by atoms with Crippen LogP contribution in [0.5, 0.6) is 5.75 Å². The fourth-order valence-corrected chi connectivity index (χ4v) is 2.29. The van der Waals surface area contributed by atoms with Gasteiger partial charge in [0.2, 0.25) is 0 Å². The number of nitrogens with zero attached hydrogens (tertiary/aromatic N) is 3. The second kappa shape index (κ2) is 5.62. The number of rotatable bonds is 4. The summed E-state index contributed by atoms with van der Waals surface area (Å²) in [6, 6.07) is 5.69. The molecule has 19 heavy (non-hydrogen) atoms. The molecular formula is C11H11BrF2N4O. The van der Waals surface area contributed by atoms with E-state index in [1.54, 1.807) is 19.2 Å². The van der Waals surface area contributed by atoms with Crippen molar-refractivity contribution >= 4 is 15.9 Å². The first kappa shape index (κ1) is 13.9. The van der Waals surface area contributed by atoms with Crippen LogP contribution in [-0.4, -0.2) is 21.6 Å². The third kappa shape index (κ3) is 3.07. The molecule has 0 radical (unpaired) electrons. The van der Waals surface area contributed by atoms with Gasteiger partial charge in [-0.05, 0) is 33.6 Å². The van der Waals surface area contributed by atoms with E-state index >= 15 is 0 Å². The van der Waals surface area contributed by atoms with Gasteiger partial charge in [0.25, 0.3) is 0 Å². The zero-order valence-corrected chi connectivity index (χ0v) is 11.5. The molecule has 8 heteroatoms. The van der Waals surface area contributed by atoms with Crippen molar-refractivity contribution in [3.05, 3.63) is 40.1 Å². The lowest BCUT2D eigenvalue weighted by Gasteiger charge is -2.14. The molecule has 2 N–H and O–H groups in total. The zero-order valence-electron chi connectivity index (χ0n) is 9.93. The minimum absolute atomic E-state index is 0.0641. The number of aryl methyl sites for hydroxylation is 1. The largest absolute Gasteiger partial charge is 0.435 e. The Morgan fingerprint density at radius 2 is 2.16 bits per heavy atom. The summed E-state index contributed by atoms with van der Waals surface area (Å²) in [5.74, 6) is 0.0641. The highest BCUT2D eigenvalue weighted by Gasteiger charge is 2.19. The van der Waals surface area contributed by atoms with Crippen molar-refractivity contribution in [1.82, 2.24) is 15.0 Å². The molecule has 0 saturated heterocycles. The number of aromatic nitrogens is 3.